The summed E-state index contributed by atoms with van der Waals surface area (Å²) in [6, 6.07) is 21.8. The van der Waals surface area contributed by atoms with Crippen LogP contribution in [0.25, 0.3) is 0 Å². The average molecular weight is 522 g/mol. The van der Waals surface area contributed by atoms with Crippen molar-refractivity contribution in [3.63, 3.8) is 0 Å². The van der Waals surface area contributed by atoms with E-state index in [0.29, 0.717) is 27.8 Å². The number of hydrogen-bond acceptors (Lipinski definition) is 4. The second kappa shape index (κ2) is 10.6. The van der Waals surface area contributed by atoms with Crippen molar-refractivity contribution in [1.82, 2.24) is 0 Å². The van der Waals surface area contributed by atoms with Gasteiger partial charge in [0.25, 0.3) is 5.91 Å². The fraction of sp³-hybridized carbons (Fsp3) is 0.148. The van der Waals surface area contributed by atoms with Gasteiger partial charge in [-0.3, -0.25) is 14.5 Å². The van der Waals surface area contributed by atoms with Gasteiger partial charge in [0.2, 0.25) is 5.91 Å². The van der Waals surface area contributed by atoms with E-state index in [0.717, 1.165) is 16.7 Å². The monoisotopic (exact) mass is 521 g/mol. The predicted molar refractivity (Wildman–Crippen MR) is 143 cm³/mol. The van der Waals surface area contributed by atoms with Crippen molar-refractivity contribution in [2.75, 3.05) is 10.2 Å². The Labute approximate surface area is 218 Å². The summed E-state index contributed by atoms with van der Waals surface area (Å²) in [5, 5.41) is 13.6. The second-order valence-electron chi connectivity index (χ2n) is 8.12. The summed E-state index contributed by atoms with van der Waals surface area (Å²) in [5.41, 5.74) is 3.63. The van der Waals surface area contributed by atoms with E-state index in [1.54, 1.807) is 42.5 Å². The van der Waals surface area contributed by atoms with Crippen LogP contribution >= 0.6 is 35.0 Å². The number of benzene rings is 3. The van der Waals surface area contributed by atoms with E-state index >= 15 is 0 Å². The summed E-state index contributed by atoms with van der Waals surface area (Å²) in [5.74, 6) is -0.807. The van der Waals surface area contributed by atoms with Crippen molar-refractivity contribution in [1.29, 1.82) is 5.26 Å². The summed E-state index contributed by atoms with van der Waals surface area (Å²) >= 11 is 13.7. The Kier molecular flexibility index (Phi) is 7.51. The van der Waals surface area contributed by atoms with Crippen LogP contribution in [0.15, 0.2) is 77.3 Å². The number of carbonyl (C=O) groups excluding carboxylic acids is 2. The van der Waals surface area contributed by atoms with Crippen LogP contribution in [0.4, 0.5) is 11.4 Å². The molecule has 5 nitrogen and oxygen atoms in total. The van der Waals surface area contributed by atoms with Crippen LogP contribution in [0.1, 0.15) is 16.7 Å². The number of carbonyl (C=O) groups is 2. The van der Waals surface area contributed by atoms with Gasteiger partial charge in [0, 0.05) is 21.4 Å². The molecule has 0 spiro atoms. The Balaban J connectivity index is 1.74. The molecule has 0 bridgehead atoms. The summed E-state index contributed by atoms with van der Waals surface area (Å²) in [4.78, 5) is 28.3. The number of hydrogen-bond donors (Lipinski definition) is 1. The number of nitrogens with zero attached hydrogens (tertiary/aromatic N) is 2. The minimum absolute atomic E-state index is 0.132. The quantitative estimate of drug-likeness (QED) is 0.300. The molecule has 1 aliphatic heterocycles. The molecule has 0 aliphatic carbocycles. The van der Waals surface area contributed by atoms with Crippen molar-refractivity contribution >= 4 is 58.2 Å². The third-order valence-corrected chi connectivity index (χ3v) is 7.44. The molecule has 1 heterocycles. The van der Waals surface area contributed by atoms with Gasteiger partial charge < -0.3 is 5.32 Å². The van der Waals surface area contributed by atoms with Crippen molar-refractivity contribution in [3.05, 3.63) is 104 Å². The summed E-state index contributed by atoms with van der Waals surface area (Å²) in [7, 11) is 0. The molecule has 1 saturated heterocycles. The normalized spacial score (nSPS) is 16.7. The third kappa shape index (κ3) is 5.38. The van der Waals surface area contributed by atoms with E-state index in [9.17, 15) is 14.9 Å². The molecule has 1 atom stereocenters. The van der Waals surface area contributed by atoms with Crippen molar-refractivity contribution in [3.8, 4) is 6.07 Å². The molecule has 0 aromatic heterocycles. The zero-order valence-corrected chi connectivity index (χ0v) is 21.3. The standard InChI is InChI=1S/C27H21Cl2N3O2S/c1-16-8-9-17(2)23(12-16)31-25(33)21(15-30)27-32(20-6-4-3-5-7-20)26(34)24(35-27)14-18-13-19(28)10-11-22(18)29/h3-13,24H,14H2,1-2H3,(H,31,33). The summed E-state index contributed by atoms with van der Waals surface area (Å²) in [6.45, 7) is 3.80. The maximum absolute atomic E-state index is 13.6. The molecule has 0 radical (unpaired) electrons. The Morgan fingerprint density at radius 3 is 2.54 bits per heavy atom. The molecular weight excluding hydrogens is 501 g/mol. The van der Waals surface area contributed by atoms with E-state index in [1.807, 2.05) is 44.2 Å². The number of rotatable bonds is 5. The van der Waals surface area contributed by atoms with Crippen LogP contribution in [0.2, 0.25) is 10.0 Å². The first-order valence-corrected chi connectivity index (χ1v) is 12.4. The van der Waals surface area contributed by atoms with Gasteiger partial charge in [0.05, 0.1) is 5.25 Å². The molecule has 4 rings (SSSR count). The minimum Gasteiger partial charge on any atom is -0.321 e. The topological polar surface area (TPSA) is 73.2 Å². The van der Waals surface area contributed by atoms with Crippen molar-refractivity contribution < 1.29 is 9.59 Å². The SMILES string of the molecule is Cc1ccc(C)c(NC(=O)C(C#N)=C2SC(Cc3cc(Cl)ccc3Cl)C(=O)N2c2ccccc2)c1. The first-order valence-electron chi connectivity index (χ1n) is 10.8. The average Bonchev–Trinajstić information content (AvgIpc) is 3.15. The van der Waals surface area contributed by atoms with Crippen LogP contribution < -0.4 is 10.2 Å². The van der Waals surface area contributed by atoms with Gasteiger partial charge in [-0.25, -0.2) is 0 Å². The van der Waals surface area contributed by atoms with Crippen molar-refractivity contribution in [2.45, 2.75) is 25.5 Å². The molecule has 1 fully saturated rings. The van der Waals surface area contributed by atoms with E-state index in [-0.39, 0.29) is 16.5 Å². The highest BCUT2D eigenvalue weighted by Crippen LogP contribution is 2.42. The molecule has 2 amide bonds. The molecule has 176 valence electrons. The largest absolute Gasteiger partial charge is 0.321 e. The smallest absolute Gasteiger partial charge is 0.269 e. The second-order valence-corrected chi connectivity index (χ2v) is 10.2. The van der Waals surface area contributed by atoms with Crippen molar-refractivity contribution in [2.24, 2.45) is 0 Å². The van der Waals surface area contributed by atoms with Gasteiger partial charge in [-0.2, -0.15) is 5.26 Å². The highest BCUT2D eigenvalue weighted by Gasteiger charge is 2.41. The van der Waals surface area contributed by atoms with E-state index in [1.165, 1.54) is 16.7 Å². The minimum atomic E-state index is -0.585. The summed E-state index contributed by atoms with van der Waals surface area (Å²) in [6.07, 6.45) is 0.299. The molecule has 3 aromatic carbocycles. The Bertz CT molecular complexity index is 1380. The fourth-order valence-electron chi connectivity index (χ4n) is 3.75. The van der Waals surface area contributed by atoms with Gasteiger partial charge in [-0.1, -0.05) is 65.3 Å². The predicted octanol–water partition coefficient (Wildman–Crippen LogP) is 6.68. The zero-order chi connectivity index (χ0) is 25.1. The Morgan fingerprint density at radius 1 is 1.09 bits per heavy atom. The Hall–Kier alpha value is -3.24. The number of halogens is 2. The lowest BCUT2D eigenvalue weighted by atomic mass is 10.1. The lowest BCUT2D eigenvalue weighted by Crippen LogP contribution is -2.31. The number of thioether (sulfide) groups is 1. The third-order valence-electron chi connectivity index (χ3n) is 5.57. The highest BCUT2D eigenvalue weighted by atomic mass is 35.5. The summed E-state index contributed by atoms with van der Waals surface area (Å²) < 4.78 is 0. The van der Waals surface area contributed by atoms with Gasteiger partial charge in [-0.05, 0) is 73.4 Å². The lowest BCUT2D eigenvalue weighted by Gasteiger charge is -2.19. The fourth-order valence-corrected chi connectivity index (χ4v) is 5.44. The number of nitrogens with one attached hydrogen (secondary N) is 1. The number of aryl methyl sites for hydroxylation is 2. The molecule has 1 unspecified atom stereocenters. The molecule has 8 heteroatoms. The highest BCUT2D eigenvalue weighted by molar-refractivity contribution is 8.05. The van der Waals surface area contributed by atoms with Gasteiger partial charge in [0.1, 0.15) is 16.7 Å². The number of amides is 2. The molecule has 1 N–H and O–H groups in total. The van der Waals surface area contributed by atoms with Crippen LogP contribution in [-0.2, 0) is 16.0 Å². The molecule has 0 saturated carbocycles. The first kappa shape index (κ1) is 24.9. The number of nitriles is 1. The molecule has 35 heavy (non-hydrogen) atoms. The molecule has 1 aliphatic rings. The van der Waals surface area contributed by atoms with Crippen LogP contribution in [0, 0.1) is 25.2 Å². The maximum Gasteiger partial charge on any atom is 0.269 e. The number of para-hydroxylation sites is 1. The van der Waals surface area contributed by atoms with E-state index < -0.39 is 11.2 Å². The van der Waals surface area contributed by atoms with Gasteiger partial charge in [-0.15, -0.1) is 0 Å². The number of anilines is 2. The van der Waals surface area contributed by atoms with E-state index in [2.05, 4.69) is 5.32 Å². The van der Waals surface area contributed by atoms with Gasteiger partial charge in [0.15, 0.2) is 0 Å². The Morgan fingerprint density at radius 2 is 1.83 bits per heavy atom. The van der Waals surface area contributed by atoms with Crippen LogP contribution in [0.5, 0.6) is 0 Å². The molecule has 3 aromatic rings. The zero-order valence-electron chi connectivity index (χ0n) is 19.0. The maximum atomic E-state index is 13.6. The molecular formula is C27H21Cl2N3O2S. The van der Waals surface area contributed by atoms with E-state index in [4.69, 9.17) is 23.2 Å². The van der Waals surface area contributed by atoms with Crippen LogP contribution in [-0.4, -0.2) is 17.1 Å². The lowest BCUT2D eigenvalue weighted by molar-refractivity contribution is -0.117. The first-order chi connectivity index (χ1) is 16.8. The van der Waals surface area contributed by atoms with Gasteiger partial charge >= 0.3 is 0 Å². The van der Waals surface area contributed by atoms with Crippen LogP contribution in [0.3, 0.4) is 0 Å².